The van der Waals surface area contributed by atoms with Crippen LogP contribution in [0.2, 0.25) is 0 Å². The topological polar surface area (TPSA) is 94.0 Å². The van der Waals surface area contributed by atoms with Gasteiger partial charge in [-0.1, -0.05) is 0 Å². The SMILES string of the molecule is Cc1nc(S(=O)(=O)N2CC3(CC(CC(=O)N4CCOCC4)CO3)C2)cn1C. The van der Waals surface area contributed by atoms with Crippen molar-refractivity contribution in [3.8, 4) is 0 Å². The number of rotatable bonds is 4. The first kappa shape index (κ1) is 18.9. The first-order valence-corrected chi connectivity index (χ1v) is 10.7. The fraction of sp³-hybridized carbons (Fsp3) is 0.765. The van der Waals surface area contributed by atoms with Crippen molar-refractivity contribution >= 4 is 15.9 Å². The number of carbonyl (C=O) groups excluding carboxylic acids is 1. The van der Waals surface area contributed by atoms with Crippen LogP contribution in [0.5, 0.6) is 0 Å². The molecule has 1 aromatic heterocycles. The van der Waals surface area contributed by atoms with Crippen molar-refractivity contribution in [2.24, 2.45) is 13.0 Å². The molecule has 3 aliphatic rings. The lowest BCUT2D eigenvalue weighted by Gasteiger charge is -2.45. The maximum absolute atomic E-state index is 12.7. The summed E-state index contributed by atoms with van der Waals surface area (Å²) in [6.07, 6.45) is 2.71. The summed E-state index contributed by atoms with van der Waals surface area (Å²) in [6, 6.07) is 0. The first-order valence-electron chi connectivity index (χ1n) is 9.29. The first-order chi connectivity index (χ1) is 12.8. The van der Waals surface area contributed by atoms with Crippen LogP contribution in [0, 0.1) is 12.8 Å². The van der Waals surface area contributed by atoms with Crippen molar-refractivity contribution in [2.75, 3.05) is 46.0 Å². The number of imidazole rings is 1. The molecule has 27 heavy (non-hydrogen) atoms. The van der Waals surface area contributed by atoms with Crippen LogP contribution in [0.4, 0.5) is 0 Å². The molecule has 0 bridgehead atoms. The summed E-state index contributed by atoms with van der Waals surface area (Å²) in [4.78, 5) is 18.4. The number of hydrogen-bond acceptors (Lipinski definition) is 6. The van der Waals surface area contributed by atoms with Crippen LogP contribution in [0.25, 0.3) is 0 Å². The molecule has 0 saturated carbocycles. The van der Waals surface area contributed by atoms with E-state index in [0.717, 1.165) is 6.42 Å². The van der Waals surface area contributed by atoms with E-state index in [1.807, 2.05) is 4.90 Å². The van der Waals surface area contributed by atoms with E-state index >= 15 is 0 Å². The van der Waals surface area contributed by atoms with Gasteiger partial charge in [0.1, 0.15) is 5.82 Å². The normalized spacial score (nSPS) is 25.7. The minimum absolute atomic E-state index is 0.0781. The third-order valence-electron chi connectivity index (χ3n) is 5.73. The van der Waals surface area contributed by atoms with Gasteiger partial charge in [0.05, 0.1) is 25.4 Å². The molecule has 9 nitrogen and oxygen atoms in total. The predicted molar refractivity (Wildman–Crippen MR) is 95.5 cm³/mol. The van der Waals surface area contributed by atoms with Gasteiger partial charge in [-0.15, -0.1) is 0 Å². The number of aromatic nitrogens is 2. The molecule has 1 amide bonds. The minimum atomic E-state index is -3.59. The molecule has 4 heterocycles. The van der Waals surface area contributed by atoms with Crippen molar-refractivity contribution < 1.29 is 22.7 Å². The third kappa shape index (κ3) is 3.51. The maximum atomic E-state index is 12.7. The number of amides is 1. The number of aryl methyl sites for hydroxylation is 2. The van der Waals surface area contributed by atoms with Gasteiger partial charge < -0.3 is 18.9 Å². The molecule has 1 unspecified atom stereocenters. The molecule has 4 rings (SSSR count). The Morgan fingerprint density at radius 2 is 2.04 bits per heavy atom. The zero-order valence-electron chi connectivity index (χ0n) is 15.8. The van der Waals surface area contributed by atoms with Gasteiger partial charge in [0.25, 0.3) is 10.0 Å². The smallest absolute Gasteiger partial charge is 0.262 e. The van der Waals surface area contributed by atoms with Crippen LogP contribution in [0.1, 0.15) is 18.7 Å². The standard InChI is InChI=1S/C17H26N4O5S/c1-13-18-15(9-19(13)2)27(23,24)21-11-17(12-21)8-14(10-26-17)7-16(22)20-3-5-25-6-4-20/h9,14H,3-8,10-12H2,1-2H3. The van der Waals surface area contributed by atoms with Crippen molar-refractivity contribution in [2.45, 2.75) is 30.4 Å². The van der Waals surface area contributed by atoms with Crippen LogP contribution >= 0.6 is 0 Å². The quantitative estimate of drug-likeness (QED) is 0.695. The summed E-state index contributed by atoms with van der Waals surface area (Å²) in [7, 11) is -1.82. The van der Waals surface area contributed by atoms with Gasteiger partial charge in [-0.25, -0.2) is 13.4 Å². The minimum Gasteiger partial charge on any atom is -0.378 e. The lowest BCUT2D eigenvalue weighted by Crippen LogP contribution is -2.63. The average Bonchev–Trinajstić information content (AvgIpc) is 3.19. The van der Waals surface area contributed by atoms with E-state index in [1.165, 1.54) is 10.5 Å². The Bertz CT molecular complexity index is 805. The molecule has 150 valence electrons. The van der Waals surface area contributed by atoms with Gasteiger partial charge in [-0.2, -0.15) is 4.31 Å². The lowest BCUT2D eigenvalue weighted by molar-refractivity contribution is -0.136. The Labute approximate surface area is 159 Å². The van der Waals surface area contributed by atoms with E-state index in [9.17, 15) is 13.2 Å². The van der Waals surface area contributed by atoms with E-state index in [1.54, 1.807) is 18.5 Å². The van der Waals surface area contributed by atoms with E-state index in [0.29, 0.717) is 58.2 Å². The monoisotopic (exact) mass is 398 g/mol. The number of hydrogen-bond donors (Lipinski definition) is 0. The predicted octanol–water partition coefficient (Wildman–Crippen LogP) is -0.243. The van der Waals surface area contributed by atoms with E-state index in [4.69, 9.17) is 9.47 Å². The highest BCUT2D eigenvalue weighted by atomic mass is 32.2. The van der Waals surface area contributed by atoms with E-state index in [2.05, 4.69) is 4.98 Å². The molecule has 10 heteroatoms. The zero-order chi connectivity index (χ0) is 19.2. The summed E-state index contributed by atoms with van der Waals surface area (Å²) in [5.41, 5.74) is -0.452. The highest BCUT2D eigenvalue weighted by molar-refractivity contribution is 7.89. The number of nitrogens with zero attached hydrogens (tertiary/aromatic N) is 4. The third-order valence-corrected chi connectivity index (χ3v) is 7.40. The van der Waals surface area contributed by atoms with Gasteiger partial charge in [0.15, 0.2) is 5.03 Å². The van der Waals surface area contributed by atoms with E-state index < -0.39 is 15.6 Å². The Kier molecular flexibility index (Phi) is 4.77. The van der Waals surface area contributed by atoms with Crippen LogP contribution in [-0.2, 0) is 31.3 Å². The summed E-state index contributed by atoms with van der Waals surface area (Å²) in [5, 5.41) is 0.0781. The van der Waals surface area contributed by atoms with Gasteiger partial charge >= 0.3 is 0 Å². The fourth-order valence-electron chi connectivity index (χ4n) is 4.03. The second-order valence-corrected chi connectivity index (χ2v) is 9.66. The van der Waals surface area contributed by atoms with Crippen LogP contribution < -0.4 is 0 Å². The van der Waals surface area contributed by atoms with Crippen molar-refractivity contribution in [3.05, 3.63) is 12.0 Å². The van der Waals surface area contributed by atoms with Crippen LogP contribution in [0.3, 0.4) is 0 Å². The summed E-state index contributed by atoms with van der Waals surface area (Å²) < 4.78 is 39.8. The fourth-order valence-corrected chi connectivity index (χ4v) is 5.64. The van der Waals surface area contributed by atoms with Crippen molar-refractivity contribution in [1.82, 2.24) is 18.8 Å². The zero-order valence-corrected chi connectivity index (χ0v) is 16.6. The highest BCUT2D eigenvalue weighted by Crippen LogP contribution is 2.41. The Hall–Kier alpha value is -1.49. The molecular weight excluding hydrogens is 372 g/mol. The Morgan fingerprint density at radius 1 is 1.33 bits per heavy atom. The number of carbonyl (C=O) groups is 1. The number of ether oxygens (including phenoxy) is 2. The molecular formula is C17H26N4O5S. The van der Waals surface area contributed by atoms with Crippen molar-refractivity contribution in [1.29, 1.82) is 0 Å². The molecule has 1 spiro atoms. The molecule has 1 aromatic rings. The molecule has 0 radical (unpaired) electrons. The Balaban J connectivity index is 1.33. The molecule has 0 aliphatic carbocycles. The summed E-state index contributed by atoms with van der Waals surface area (Å²) in [5.74, 6) is 0.932. The summed E-state index contributed by atoms with van der Waals surface area (Å²) >= 11 is 0. The molecule has 3 fully saturated rings. The van der Waals surface area contributed by atoms with Crippen LogP contribution in [0.15, 0.2) is 11.2 Å². The molecule has 3 saturated heterocycles. The second-order valence-electron chi connectivity index (χ2n) is 7.77. The maximum Gasteiger partial charge on any atom is 0.262 e. The average molecular weight is 398 g/mol. The largest absolute Gasteiger partial charge is 0.378 e. The molecule has 1 atom stereocenters. The highest BCUT2D eigenvalue weighted by Gasteiger charge is 2.54. The summed E-state index contributed by atoms with van der Waals surface area (Å²) in [6.45, 7) is 5.41. The molecule has 0 N–H and O–H groups in total. The Morgan fingerprint density at radius 3 is 2.67 bits per heavy atom. The van der Waals surface area contributed by atoms with Gasteiger partial charge in [0.2, 0.25) is 5.91 Å². The van der Waals surface area contributed by atoms with Gasteiger partial charge in [0, 0.05) is 45.8 Å². The van der Waals surface area contributed by atoms with Gasteiger partial charge in [-0.05, 0) is 19.3 Å². The van der Waals surface area contributed by atoms with Gasteiger partial charge in [-0.3, -0.25) is 4.79 Å². The molecule has 0 aromatic carbocycles. The number of sulfonamides is 1. The van der Waals surface area contributed by atoms with Crippen molar-refractivity contribution in [3.63, 3.8) is 0 Å². The molecule has 3 aliphatic heterocycles. The lowest BCUT2D eigenvalue weighted by atomic mass is 9.87. The second kappa shape index (κ2) is 6.84. The van der Waals surface area contributed by atoms with E-state index in [-0.39, 0.29) is 16.9 Å². The van der Waals surface area contributed by atoms with Crippen LogP contribution in [-0.4, -0.2) is 84.7 Å². The number of morpholine rings is 1.